The third-order valence-electron chi connectivity index (χ3n) is 9.30. The average molecular weight is 788 g/mol. The van der Waals surface area contributed by atoms with Gasteiger partial charge in [0.1, 0.15) is 19.8 Å². The molecule has 1 aromatic rings. The predicted molar refractivity (Wildman–Crippen MR) is 215 cm³/mol. The molecule has 1 aromatic carbocycles. The topological polar surface area (TPSA) is 147 Å². The number of carboxylic acids is 1. The number of carbonyl (C=O) groups excluding carboxylic acids is 3. The summed E-state index contributed by atoms with van der Waals surface area (Å²) in [4.78, 5) is 50.9. The van der Waals surface area contributed by atoms with Crippen LogP contribution < -0.4 is 0 Å². The van der Waals surface area contributed by atoms with Crippen LogP contribution in [0, 0.1) is 5.92 Å². The number of hydrogen-bond donors (Lipinski definition) is 1. The smallest absolute Gasteiger partial charge is 0.481 e. The van der Waals surface area contributed by atoms with Crippen LogP contribution in [-0.4, -0.2) is 79.8 Å². The van der Waals surface area contributed by atoms with Gasteiger partial charge in [-0.05, 0) is 125 Å². The van der Waals surface area contributed by atoms with Gasteiger partial charge in [0.25, 0.3) is 0 Å². The Morgan fingerprint density at radius 2 is 1.27 bits per heavy atom. The van der Waals surface area contributed by atoms with Gasteiger partial charge in [0.2, 0.25) is 0 Å². The third kappa shape index (κ3) is 24.7. The van der Waals surface area contributed by atoms with Crippen LogP contribution in [0.1, 0.15) is 140 Å². The quantitative estimate of drug-likeness (QED) is 0.0252. The fraction of sp³-hybridized carbons (Fsp3) is 0.682. The van der Waals surface area contributed by atoms with E-state index in [0.29, 0.717) is 55.8 Å². The standard InChI is InChI=1S/C44H69NO11/c1-4-7-9-11-13-17-26-51-43(52-27-18-14-12-10-8-5-2)24-23-42(49)54-34-38-28-37(33-53-41(48)22-16-15-21-40(46)47)29-39(30-38)35-56-44(50)55-32-36-20-19-25-45(6-3)31-36/h7-10,28-30,36,43H,4-6,11-27,31-35H2,1-3H3,(H,46,47)/b9-7-,10-8-. The van der Waals surface area contributed by atoms with Crippen molar-refractivity contribution in [2.75, 3.05) is 39.5 Å². The molecule has 1 fully saturated rings. The van der Waals surface area contributed by atoms with Gasteiger partial charge in [-0.25, -0.2) is 4.79 Å². The van der Waals surface area contributed by atoms with Crippen LogP contribution in [0.25, 0.3) is 0 Å². The van der Waals surface area contributed by atoms with E-state index in [4.69, 9.17) is 33.5 Å². The number of unbranched alkanes of at least 4 members (excludes halogenated alkanes) is 5. The molecule has 0 amide bonds. The molecule has 1 unspecified atom stereocenters. The fourth-order valence-electron chi connectivity index (χ4n) is 6.23. The van der Waals surface area contributed by atoms with Crippen molar-refractivity contribution in [2.24, 2.45) is 5.92 Å². The Morgan fingerprint density at radius 1 is 0.714 bits per heavy atom. The minimum atomic E-state index is -0.906. The van der Waals surface area contributed by atoms with E-state index in [1.54, 1.807) is 18.2 Å². The maximum atomic E-state index is 12.9. The highest BCUT2D eigenvalue weighted by Gasteiger charge is 2.21. The summed E-state index contributed by atoms with van der Waals surface area (Å²) in [5.41, 5.74) is 1.89. The summed E-state index contributed by atoms with van der Waals surface area (Å²) >= 11 is 0. The van der Waals surface area contributed by atoms with Gasteiger partial charge in [-0.15, -0.1) is 0 Å². The van der Waals surface area contributed by atoms with Crippen LogP contribution in [0.5, 0.6) is 0 Å². The van der Waals surface area contributed by atoms with Gasteiger partial charge in [0.15, 0.2) is 6.29 Å². The third-order valence-corrected chi connectivity index (χ3v) is 9.30. The summed E-state index contributed by atoms with van der Waals surface area (Å²) in [5.74, 6) is -1.49. The van der Waals surface area contributed by atoms with Crippen LogP contribution in [0.3, 0.4) is 0 Å². The highest BCUT2D eigenvalue weighted by molar-refractivity contribution is 5.70. The molecule has 1 aliphatic heterocycles. The van der Waals surface area contributed by atoms with E-state index in [2.05, 4.69) is 50.0 Å². The number of rotatable bonds is 31. The lowest BCUT2D eigenvalue weighted by Crippen LogP contribution is -2.37. The summed E-state index contributed by atoms with van der Waals surface area (Å²) in [7, 11) is 0. The maximum Gasteiger partial charge on any atom is 0.508 e. The molecule has 0 saturated carbocycles. The zero-order valence-electron chi connectivity index (χ0n) is 34.4. The Bertz CT molecular complexity index is 1290. The number of aliphatic carboxylic acids is 1. The second kappa shape index (κ2) is 31.4. The zero-order chi connectivity index (χ0) is 40.6. The number of nitrogens with zero attached hydrogens (tertiary/aromatic N) is 1. The van der Waals surface area contributed by atoms with Crippen molar-refractivity contribution in [3.63, 3.8) is 0 Å². The van der Waals surface area contributed by atoms with Gasteiger partial charge in [0, 0.05) is 44.9 Å². The van der Waals surface area contributed by atoms with Crippen molar-refractivity contribution in [2.45, 2.75) is 150 Å². The van der Waals surface area contributed by atoms with Crippen LogP contribution in [0.2, 0.25) is 0 Å². The molecule has 12 nitrogen and oxygen atoms in total. The number of hydrogen-bond acceptors (Lipinski definition) is 11. The molecular weight excluding hydrogens is 718 g/mol. The number of allylic oxidation sites excluding steroid dienone is 4. The summed E-state index contributed by atoms with van der Waals surface area (Å²) in [6.07, 6.45) is 18.8. The Morgan fingerprint density at radius 3 is 1.82 bits per heavy atom. The molecular formula is C44H69NO11. The molecule has 0 bridgehead atoms. The largest absolute Gasteiger partial charge is 0.508 e. The minimum Gasteiger partial charge on any atom is -0.481 e. The van der Waals surface area contributed by atoms with E-state index in [0.717, 1.165) is 83.8 Å². The minimum absolute atomic E-state index is 0.00716. The van der Waals surface area contributed by atoms with E-state index in [9.17, 15) is 19.2 Å². The van der Waals surface area contributed by atoms with Crippen molar-refractivity contribution >= 4 is 24.1 Å². The van der Waals surface area contributed by atoms with Crippen LogP contribution in [-0.2, 0) is 62.6 Å². The Hall–Kier alpha value is -3.74. The van der Waals surface area contributed by atoms with Crippen molar-refractivity contribution in [1.29, 1.82) is 0 Å². The summed E-state index contributed by atoms with van der Waals surface area (Å²) in [6, 6.07) is 5.31. The lowest BCUT2D eigenvalue weighted by atomic mass is 9.99. The first kappa shape index (κ1) is 48.4. The van der Waals surface area contributed by atoms with E-state index in [-0.39, 0.29) is 45.0 Å². The number of esters is 2. The van der Waals surface area contributed by atoms with E-state index in [1.165, 1.54) is 0 Å². The van der Waals surface area contributed by atoms with Gasteiger partial charge in [0.05, 0.1) is 13.0 Å². The van der Waals surface area contributed by atoms with Crippen LogP contribution in [0.4, 0.5) is 4.79 Å². The molecule has 1 aliphatic rings. The van der Waals surface area contributed by atoms with Crippen LogP contribution >= 0.6 is 0 Å². The lowest BCUT2D eigenvalue weighted by molar-refractivity contribution is -0.160. The van der Waals surface area contributed by atoms with E-state index >= 15 is 0 Å². The number of ether oxygens (including phenoxy) is 6. The van der Waals surface area contributed by atoms with Gasteiger partial charge < -0.3 is 38.4 Å². The second-order valence-corrected chi connectivity index (χ2v) is 14.3. The number of carbonyl (C=O) groups is 4. The van der Waals surface area contributed by atoms with Gasteiger partial charge in [-0.3, -0.25) is 14.4 Å². The number of benzene rings is 1. The Kier molecular flexibility index (Phi) is 27.1. The first-order valence-electron chi connectivity index (χ1n) is 20.9. The number of carboxylic acid groups (broad SMARTS) is 1. The molecule has 1 heterocycles. The molecule has 1 atom stereocenters. The SMILES string of the molecule is CC/C=C\CCCCOC(CCC(=O)OCc1cc(COC(=O)CCCCC(=O)O)cc(COC(=O)OCC2CCCN(CC)C2)c1)OCCCC/C=C\CC. The monoisotopic (exact) mass is 787 g/mol. The molecule has 1 N–H and O–H groups in total. The molecule has 0 spiro atoms. The molecule has 0 aliphatic carbocycles. The fourth-order valence-corrected chi connectivity index (χ4v) is 6.23. The molecule has 0 radical (unpaired) electrons. The zero-order valence-corrected chi connectivity index (χ0v) is 34.4. The first-order valence-corrected chi connectivity index (χ1v) is 20.9. The highest BCUT2D eigenvalue weighted by atomic mass is 16.7. The molecule has 1 saturated heterocycles. The van der Waals surface area contributed by atoms with E-state index in [1.807, 2.05) is 0 Å². The second-order valence-electron chi connectivity index (χ2n) is 14.3. The van der Waals surface area contributed by atoms with Gasteiger partial charge in [-0.2, -0.15) is 0 Å². The van der Waals surface area contributed by atoms with Crippen molar-refractivity contribution in [3.8, 4) is 0 Å². The average Bonchev–Trinajstić information content (AvgIpc) is 3.20. The summed E-state index contributed by atoms with van der Waals surface area (Å²) in [6.45, 7) is 10.5. The summed E-state index contributed by atoms with van der Waals surface area (Å²) < 4.78 is 34.1. The number of piperidine rings is 1. The maximum absolute atomic E-state index is 12.9. The predicted octanol–water partition coefficient (Wildman–Crippen LogP) is 9.22. The van der Waals surface area contributed by atoms with Crippen molar-refractivity contribution in [3.05, 3.63) is 59.2 Å². The van der Waals surface area contributed by atoms with Crippen LogP contribution in [0.15, 0.2) is 42.5 Å². The molecule has 0 aromatic heterocycles. The Labute approximate surface area is 335 Å². The van der Waals surface area contributed by atoms with Gasteiger partial charge >= 0.3 is 24.1 Å². The van der Waals surface area contributed by atoms with Crippen molar-refractivity contribution < 1.29 is 52.7 Å². The normalized spacial score (nSPS) is 14.8. The Balaban J connectivity index is 1.96. The highest BCUT2D eigenvalue weighted by Crippen LogP contribution is 2.19. The number of likely N-dealkylation sites (tertiary alicyclic amines) is 1. The van der Waals surface area contributed by atoms with Gasteiger partial charge in [-0.1, -0.05) is 45.1 Å². The molecule has 2 rings (SSSR count). The molecule has 316 valence electrons. The lowest BCUT2D eigenvalue weighted by Gasteiger charge is -2.31. The first-order chi connectivity index (χ1) is 27.2. The summed E-state index contributed by atoms with van der Waals surface area (Å²) in [5, 5.41) is 8.83. The molecule has 56 heavy (non-hydrogen) atoms. The molecule has 12 heteroatoms. The van der Waals surface area contributed by atoms with E-state index < -0.39 is 30.4 Å². The van der Waals surface area contributed by atoms with Crippen molar-refractivity contribution in [1.82, 2.24) is 4.90 Å².